The molecule has 1 atom stereocenters. The molecule has 0 bridgehead atoms. The zero-order valence-electron chi connectivity index (χ0n) is 11.7. The Labute approximate surface area is 114 Å². The summed E-state index contributed by atoms with van der Waals surface area (Å²) in [5, 5.41) is 12.2. The molecule has 2 N–H and O–H groups in total. The van der Waals surface area contributed by atoms with Crippen LogP contribution in [0.25, 0.3) is 0 Å². The number of nitrogens with one attached hydrogen (secondary N) is 1. The maximum absolute atomic E-state index is 11.1. The zero-order valence-corrected chi connectivity index (χ0v) is 11.7. The third-order valence-corrected chi connectivity index (χ3v) is 2.94. The molecule has 0 heterocycles. The monoisotopic (exact) mass is 265 g/mol. The van der Waals surface area contributed by atoms with E-state index in [-0.39, 0.29) is 0 Å². The molecular formula is C15H23NO3. The highest BCUT2D eigenvalue weighted by molar-refractivity contribution is 5.72. The third-order valence-electron chi connectivity index (χ3n) is 2.94. The Kier molecular flexibility index (Phi) is 7.15. The van der Waals surface area contributed by atoms with Gasteiger partial charge in [-0.3, -0.25) is 0 Å². The van der Waals surface area contributed by atoms with Crippen LogP contribution in [0.5, 0.6) is 0 Å². The van der Waals surface area contributed by atoms with Gasteiger partial charge in [0.2, 0.25) is 0 Å². The minimum Gasteiger partial charge on any atom is -0.479 e. The Morgan fingerprint density at radius 2 is 2.05 bits per heavy atom. The van der Waals surface area contributed by atoms with Gasteiger partial charge in [0.25, 0.3) is 0 Å². The Bertz CT molecular complexity index is 375. The van der Waals surface area contributed by atoms with Crippen molar-refractivity contribution in [1.82, 2.24) is 5.32 Å². The second-order valence-corrected chi connectivity index (χ2v) is 4.58. The van der Waals surface area contributed by atoms with Crippen LogP contribution >= 0.6 is 0 Å². The van der Waals surface area contributed by atoms with Crippen molar-refractivity contribution in [3.05, 3.63) is 35.4 Å². The van der Waals surface area contributed by atoms with E-state index < -0.39 is 12.1 Å². The van der Waals surface area contributed by atoms with Crippen LogP contribution in [-0.4, -0.2) is 36.9 Å². The van der Waals surface area contributed by atoms with Gasteiger partial charge in [0, 0.05) is 6.54 Å². The van der Waals surface area contributed by atoms with Gasteiger partial charge in [0.1, 0.15) is 0 Å². The predicted octanol–water partition coefficient (Wildman–Crippen LogP) is 2.01. The lowest BCUT2D eigenvalue weighted by Gasteiger charge is -2.14. The highest BCUT2D eigenvalue weighted by Crippen LogP contribution is 2.09. The van der Waals surface area contributed by atoms with Gasteiger partial charge in [-0.15, -0.1) is 0 Å². The summed E-state index contributed by atoms with van der Waals surface area (Å²) in [6.45, 7) is 6.02. The van der Waals surface area contributed by atoms with Crippen LogP contribution in [0.2, 0.25) is 0 Å². The molecule has 19 heavy (non-hydrogen) atoms. The fourth-order valence-corrected chi connectivity index (χ4v) is 1.78. The van der Waals surface area contributed by atoms with E-state index in [2.05, 4.69) is 5.32 Å². The number of rotatable bonds is 9. The van der Waals surface area contributed by atoms with Crippen molar-refractivity contribution >= 4 is 5.97 Å². The van der Waals surface area contributed by atoms with Crippen molar-refractivity contribution in [2.75, 3.05) is 19.7 Å². The summed E-state index contributed by atoms with van der Waals surface area (Å²) in [5.74, 6) is -0.886. The molecule has 0 saturated heterocycles. The van der Waals surface area contributed by atoms with Gasteiger partial charge < -0.3 is 15.2 Å². The first-order valence-corrected chi connectivity index (χ1v) is 6.74. The molecule has 1 aromatic carbocycles. The maximum atomic E-state index is 11.1. The van der Waals surface area contributed by atoms with Crippen molar-refractivity contribution in [2.24, 2.45) is 0 Å². The molecular weight excluding hydrogens is 242 g/mol. The van der Waals surface area contributed by atoms with Gasteiger partial charge in [-0.2, -0.15) is 0 Å². The predicted molar refractivity (Wildman–Crippen MR) is 75.4 cm³/mol. The fourth-order valence-electron chi connectivity index (χ4n) is 1.78. The zero-order chi connectivity index (χ0) is 14.1. The fraction of sp³-hybridized carbons (Fsp3) is 0.533. The second kappa shape index (κ2) is 8.67. The van der Waals surface area contributed by atoms with Crippen molar-refractivity contribution in [1.29, 1.82) is 0 Å². The van der Waals surface area contributed by atoms with Crippen LogP contribution < -0.4 is 5.32 Å². The van der Waals surface area contributed by atoms with Crippen LogP contribution in [0.15, 0.2) is 24.3 Å². The molecule has 106 valence electrons. The smallest absolute Gasteiger partial charge is 0.332 e. The summed E-state index contributed by atoms with van der Waals surface area (Å²) in [7, 11) is 0. The average Bonchev–Trinajstić information content (AvgIpc) is 2.39. The lowest BCUT2D eigenvalue weighted by Crippen LogP contribution is -2.28. The molecule has 0 aliphatic heterocycles. The van der Waals surface area contributed by atoms with Crippen LogP contribution in [0.4, 0.5) is 0 Å². The van der Waals surface area contributed by atoms with Gasteiger partial charge in [-0.05, 0) is 31.9 Å². The molecule has 1 aromatic rings. The maximum Gasteiger partial charge on any atom is 0.332 e. The number of benzene rings is 1. The van der Waals surface area contributed by atoms with Crippen LogP contribution in [0.3, 0.4) is 0 Å². The van der Waals surface area contributed by atoms with Crippen LogP contribution in [0, 0.1) is 6.92 Å². The SMILES string of the molecule is CCNCCOC(CCc1ccc(C)cc1)C(=O)O. The van der Waals surface area contributed by atoms with Gasteiger partial charge >= 0.3 is 5.97 Å². The summed E-state index contributed by atoms with van der Waals surface area (Å²) >= 11 is 0. The van der Waals surface area contributed by atoms with E-state index in [1.54, 1.807) is 0 Å². The lowest BCUT2D eigenvalue weighted by atomic mass is 10.1. The normalized spacial score (nSPS) is 12.3. The van der Waals surface area contributed by atoms with Gasteiger partial charge in [0.15, 0.2) is 6.10 Å². The van der Waals surface area contributed by atoms with Crippen LogP contribution in [-0.2, 0) is 16.0 Å². The quantitative estimate of drug-likeness (QED) is 0.671. The summed E-state index contributed by atoms with van der Waals surface area (Å²) in [6, 6.07) is 8.15. The van der Waals surface area contributed by atoms with E-state index in [0.29, 0.717) is 19.6 Å². The standard InChI is InChI=1S/C15H23NO3/c1-3-16-10-11-19-14(15(17)18)9-8-13-6-4-12(2)5-7-13/h4-7,14,16H,3,8-11H2,1-2H3,(H,17,18). The first-order chi connectivity index (χ1) is 9.13. The number of carboxylic acids is 1. The molecule has 4 nitrogen and oxygen atoms in total. The Hall–Kier alpha value is -1.39. The Morgan fingerprint density at radius 1 is 1.37 bits per heavy atom. The molecule has 0 spiro atoms. The van der Waals surface area contributed by atoms with Crippen molar-refractivity contribution in [2.45, 2.75) is 32.8 Å². The molecule has 0 saturated carbocycles. The van der Waals surface area contributed by atoms with Gasteiger partial charge in [-0.1, -0.05) is 36.8 Å². The van der Waals surface area contributed by atoms with E-state index in [4.69, 9.17) is 9.84 Å². The number of ether oxygens (including phenoxy) is 1. The summed E-state index contributed by atoms with van der Waals surface area (Å²) < 4.78 is 5.39. The van der Waals surface area contributed by atoms with Gasteiger partial charge in [-0.25, -0.2) is 4.79 Å². The number of hydrogen-bond donors (Lipinski definition) is 2. The molecule has 0 aliphatic rings. The number of aliphatic carboxylic acids is 1. The van der Waals surface area contributed by atoms with Crippen molar-refractivity contribution in [3.63, 3.8) is 0 Å². The van der Waals surface area contributed by atoms with E-state index in [1.165, 1.54) is 5.56 Å². The van der Waals surface area contributed by atoms with E-state index in [1.807, 2.05) is 38.1 Å². The van der Waals surface area contributed by atoms with E-state index in [9.17, 15) is 4.79 Å². The molecule has 0 radical (unpaired) electrons. The summed E-state index contributed by atoms with van der Waals surface area (Å²) in [4.78, 5) is 11.1. The molecule has 0 aliphatic carbocycles. The molecule has 4 heteroatoms. The number of carbonyl (C=O) groups is 1. The molecule has 1 unspecified atom stereocenters. The third kappa shape index (κ3) is 6.36. The second-order valence-electron chi connectivity index (χ2n) is 4.58. The highest BCUT2D eigenvalue weighted by atomic mass is 16.5. The highest BCUT2D eigenvalue weighted by Gasteiger charge is 2.17. The first kappa shape index (κ1) is 15.7. The molecule has 0 fully saturated rings. The Morgan fingerprint density at radius 3 is 2.63 bits per heavy atom. The first-order valence-electron chi connectivity index (χ1n) is 6.74. The minimum absolute atomic E-state index is 0.429. The molecule has 0 aromatic heterocycles. The van der Waals surface area contributed by atoms with E-state index >= 15 is 0 Å². The van der Waals surface area contributed by atoms with Crippen LogP contribution in [0.1, 0.15) is 24.5 Å². The molecule has 1 rings (SSSR count). The minimum atomic E-state index is -0.886. The number of carboxylic acid groups (broad SMARTS) is 1. The largest absolute Gasteiger partial charge is 0.479 e. The van der Waals surface area contributed by atoms with E-state index in [0.717, 1.165) is 18.5 Å². The summed E-state index contributed by atoms with van der Waals surface area (Å²) in [5.41, 5.74) is 2.35. The van der Waals surface area contributed by atoms with Crippen molar-refractivity contribution in [3.8, 4) is 0 Å². The lowest BCUT2D eigenvalue weighted by molar-refractivity contribution is -0.150. The van der Waals surface area contributed by atoms with Gasteiger partial charge in [0.05, 0.1) is 6.61 Å². The Balaban J connectivity index is 2.36. The average molecular weight is 265 g/mol. The summed E-state index contributed by atoms with van der Waals surface area (Å²) in [6.07, 6.45) is 0.503. The topological polar surface area (TPSA) is 58.6 Å². The number of hydrogen-bond acceptors (Lipinski definition) is 3. The number of aryl methyl sites for hydroxylation is 2. The molecule has 0 amide bonds. The number of likely N-dealkylation sites (N-methyl/N-ethyl adjacent to an activating group) is 1. The van der Waals surface area contributed by atoms with Crippen molar-refractivity contribution < 1.29 is 14.6 Å².